The van der Waals surface area contributed by atoms with E-state index in [0.29, 0.717) is 28.6 Å². The number of amidine groups is 1. The number of hydrazone groups is 1. The molecule has 1 heterocycles. The lowest BCUT2D eigenvalue weighted by molar-refractivity contribution is -0.111. The van der Waals surface area contributed by atoms with Crippen LogP contribution in [-0.2, 0) is 4.79 Å². The molecule has 6 N–H and O–H groups in total. The zero-order valence-electron chi connectivity index (χ0n) is 18.8. The lowest BCUT2D eigenvalue weighted by Gasteiger charge is -2.18. The van der Waals surface area contributed by atoms with E-state index in [9.17, 15) is 4.79 Å². The van der Waals surface area contributed by atoms with Crippen LogP contribution in [0.2, 0.25) is 0 Å². The van der Waals surface area contributed by atoms with E-state index < -0.39 is 0 Å². The number of hydrogen-bond acceptors (Lipinski definition) is 6. The first-order valence-corrected chi connectivity index (χ1v) is 10.7. The van der Waals surface area contributed by atoms with Gasteiger partial charge in [0.2, 0.25) is 11.8 Å². The molecule has 3 aromatic carbocycles. The molecule has 1 aliphatic rings. The lowest BCUT2D eigenvalue weighted by Crippen LogP contribution is -2.15. The molecular weight excluding hydrogens is 428 g/mol. The zero-order chi connectivity index (χ0) is 24.2. The van der Waals surface area contributed by atoms with Crippen molar-refractivity contribution in [1.29, 1.82) is 5.41 Å². The SMILES string of the molecule is C=CC(=O)Nc1ccc(-c2ccc(N)c(C(=N)N)c2-c2ccc(OC3=NN(C)CC3)cc2)cc1. The Kier molecular flexibility index (Phi) is 6.31. The van der Waals surface area contributed by atoms with Crippen molar-refractivity contribution in [2.45, 2.75) is 6.42 Å². The number of nitrogens with zero attached hydrogens (tertiary/aromatic N) is 2. The number of hydrogen-bond donors (Lipinski definition) is 4. The summed E-state index contributed by atoms with van der Waals surface area (Å²) in [5, 5.41) is 17.1. The van der Waals surface area contributed by atoms with E-state index in [0.717, 1.165) is 35.2 Å². The van der Waals surface area contributed by atoms with Gasteiger partial charge in [-0.15, -0.1) is 5.10 Å². The number of carbonyl (C=O) groups is 1. The molecule has 8 nitrogen and oxygen atoms in total. The zero-order valence-corrected chi connectivity index (χ0v) is 18.8. The van der Waals surface area contributed by atoms with Gasteiger partial charge in [0.05, 0.1) is 0 Å². The molecule has 8 heteroatoms. The number of rotatable bonds is 6. The maximum atomic E-state index is 11.6. The minimum Gasteiger partial charge on any atom is -0.441 e. The highest BCUT2D eigenvalue weighted by Gasteiger charge is 2.18. The molecule has 1 amide bonds. The Morgan fingerprint density at radius 3 is 2.38 bits per heavy atom. The molecular formula is C26H26N6O2. The molecule has 0 fully saturated rings. The van der Waals surface area contributed by atoms with Crippen LogP contribution in [0.3, 0.4) is 0 Å². The normalized spacial score (nSPS) is 12.7. The Hall–Kier alpha value is -4.59. The molecule has 0 bridgehead atoms. The fourth-order valence-electron chi connectivity index (χ4n) is 3.82. The van der Waals surface area contributed by atoms with E-state index in [1.54, 1.807) is 18.2 Å². The average molecular weight is 455 g/mol. The van der Waals surface area contributed by atoms with Gasteiger partial charge in [-0.3, -0.25) is 15.2 Å². The maximum absolute atomic E-state index is 11.6. The third kappa shape index (κ3) is 4.75. The Balaban J connectivity index is 1.73. The summed E-state index contributed by atoms with van der Waals surface area (Å²) in [6.45, 7) is 4.30. The number of anilines is 2. The Bertz CT molecular complexity index is 1280. The lowest BCUT2D eigenvalue weighted by atomic mass is 9.89. The average Bonchev–Trinajstić information content (AvgIpc) is 3.24. The van der Waals surface area contributed by atoms with Crippen molar-refractivity contribution >= 4 is 29.0 Å². The number of nitrogens with one attached hydrogen (secondary N) is 2. The van der Waals surface area contributed by atoms with E-state index in [1.807, 2.05) is 54.5 Å². The summed E-state index contributed by atoms with van der Waals surface area (Å²) in [6.07, 6.45) is 1.98. The summed E-state index contributed by atoms with van der Waals surface area (Å²) in [6, 6.07) is 18.6. The molecule has 0 atom stereocenters. The van der Waals surface area contributed by atoms with Gasteiger partial charge in [0.15, 0.2) is 0 Å². The number of amides is 1. The van der Waals surface area contributed by atoms with Gasteiger partial charge in [-0.1, -0.05) is 36.9 Å². The standard InChI is InChI=1S/C26H26N6O2/c1-3-22(33)30-18-8-4-16(5-9-18)20-12-13-21(27)25(26(28)29)24(20)17-6-10-19(11-7-17)34-23-14-15-32(2)31-23/h3-13H,1,14-15,27H2,2H3,(H3,28,29)(H,30,33). The predicted molar refractivity (Wildman–Crippen MR) is 137 cm³/mol. The third-order valence-corrected chi connectivity index (χ3v) is 5.47. The van der Waals surface area contributed by atoms with E-state index in [-0.39, 0.29) is 11.7 Å². The van der Waals surface area contributed by atoms with Gasteiger partial charge < -0.3 is 21.5 Å². The molecule has 0 radical (unpaired) electrons. The predicted octanol–water partition coefficient (Wildman–Crippen LogP) is 4.04. The summed E-state index contributed by atoms with van der Waals surface area (Å²) < 4.78 is 5.88. The largest absolute Gasteiger partial charge is 0.441 e. The number of benzene rings is 3. The summed E-state index contributed by atoms with van der Waals surface area (Å²) in [5.74, 6) is 0.952. The molecule has 0 aromatic heterocycles. The van der Waals surface area contributed by atoms with Crippen molar-refractivity contribution in [1.82, 2.24) is 5.01 Å². The Morgan fingerprint density at radius 2 is 1.79 bits per heavy atom. The van der Waals surface area contributed by atoms with Crippen LogP contribution >= 0.6 is 0 Å². The molecule has 3 aromatic rings. The first kappa shape index (κ1) is 22.6. The highest BCUT2D eigenvalue weighted by Crippen LogP contribution is 2.38. The van der Waals surface area contributed by atoms with E-state index in [1.165, 1.54) is 6.08 Å². The highest BCUT2D eigenvalue weighted by atomic mass is 16.5. The highest BCUT2D eigenvalue weighted by molar-refractivity contribution is 6.09. The maximum Gasteiger partial charge on any atom is 0.247 e. The van der Waals surface area contributed by atoms with E-state index in [4.69, 9.17) is 21.6 Å². The van der Waals surface area contributed by atoms with Crippen LogP contribution in [0.25, 0.3) is 22.3 Å². The van der Waals surface area contributed by atoms with Crippen molar-refractivity contribution in [3.05, 3.63) is 78.9 Å². The second kappa shape index (κ2) is 9.50. The molecule has 0 aliphatic carbocycles. The topological polar surface area (TPSA) is 130 Å². The van der Waals surface area contributed by atoms with Crippen molar-refractivity contribution < 1.29 is 9.53 Å². The molecule has 0 spiro atoms. The third-order valence-electron chi connectivity index (χ3n) is 5.47. The molecule has 172 valence electrons. The van der Waals surface area contributed by atoms with Gasteiger partial charge in [-0.25, -0.2) is 0 Å². The van der Waals surface area contributed by atoms with Crippen molar-refractivity contribution in [2.75, 3.05) is 24.6 Å². The van der Waals surface area contributed by atoms with Gasteiger partial charge in [-0.2, -0.15) is 0 Å². The summed E-state index contributed by atoms with van der Waals surface area (Å²) >= 11 is 0. The second-order valence-corrected chi connectivity index (χ2v) is 7.89. The fourth-order valence-corrected chi connectivity index (χ4v) is 3.82. The smallest absolute Gasteiger partial charge is 0.247 e. The number of nitrogens with two attached hydrogens (primary N) is 2. The van der Waals surface area contributed by atoms with Crippen LogP contribution in [0.15, 0.2) is 78.4 Å². The van der Waals surface area contributed by atoms with E-state index >= 15 is 0 Å². The summed E-state index contributed by atoms with van der Waals surface area (Å²) in [5.41, 5.74) is 17.1. The summed E-state index contributed by atoms with van der Waals surface area (Å²) in [7, 11) is 1.91. The molecule has 34 heavy (non-hydrogen) atoms. The molecule has 1 aliphatic heterocycles. The van der Waals surface area contributed by atoms with Crippen LogP contribution in [0, 0.1) is 5.41 Å². The number of ether oxygens (including phenoxy) is 1. The van der Waals surface area contributed by atoms with Gasteiger partial charge in [0.1, 0.15) is 11.6 Å². The monoisotopic (exact) mass is 454 g/mol. The fraction of sp³-hybridized carbons (Fsp3) is 0.115. The van der Waals surface area contributed by atoms with Crippen molar-refractivity contribution in [3.8, 4) is 28.0 Å². The van der Waals surface area contributed by atoms with Crippen LogP contribution in [0.5, 0.6) is 5.75 Å². The minimum absolute atomic E-state index is 0.118. The summed E-state index contributed by atoms with van der Waals surface area (Å²) in [4.78, 5) is 11.6. The van der Waals surface area contributed by atoms with Crippen LogP contribution in [0.4, 0.5) is 11.4 Å². The molecule has 4 rings (SSSR count). The van der Waals surface area contributed by atoms with Crippen molar-refractivity contribution in [2.24, 2.45) is 10.8 Å². The molecule has 0 unspecified atom stereocenters. The quantitative estimate of drug-likeness (QED) is 0.193. The first-order valence-electron chi connectivity index (χ1n) is 10.7. The number of carbonyl (C=O) groups excluding carboxylic acids is 1. The van der Waals surface area contributed by atoms with Gasteiger partial charge in [-0.05, 0) is 53.1 Å². The van der Waals surface area contributed by atoms with Crippen LogP contribution in [0.1, 0.15) is 12.0 Å². The van der Waals surface area contributed by atoms with E-state index in [2.05, 4.69) is 17.0 Å². The Labute approximate surface area is 198 Å². The van der Waals surface area contributed by atoms with Gasteiger partial charge >= 0.3 is 0 Å². The Morgan fingerprint density at radius 1 is 1.12 bits per heavy atom. The second-order valence-electron chi connectivity index (χ2n) is 7.89. The van der Waals surface area contributed by atoms with Gasteiger partial charge in [0.25, 0.3) is 0 Å². The molecule has 0 saturated heterocycles. The molecule has 0 saturated carbocycles. The first-order chi connectivity index (χ1) is 16.4. The van der Waals surface area contributed by atoms with Crippen LogP contribution < -0.4 is 21.5 Å². The van der Waals surface area contributed by atoms with Crippen molar-refractivity contribution in [3.63, 3.8) is 0 Å². The van der Waals surface area contributed by atoms with Gasteiger partial charge in [0, 0.05) is 42.5 Å². The number of nitrogen functional groups attached to an aromatic ring is 2. The van der Waals surface area contributed by atoms with Crippen LogP contribution in [-0.4, -0.2) is 36.2 Å². The minimum atomic E-state index is -0.280.